The largest absolute Gasteiger partial charge is 0.491 e. The molecule has 0 spiro atoms. The van der Waals surface area contributed by atoms with E-state index < -0.39 is 0 Å². The molecule has 33 heavy (non-hydrogen) atoms. The first kappa shape index (κ1) is 23.5. The summed E-state index contributed by atoms with van der Waals surface area (Å²) in [6, 6.07) is 9.08. The van der Waals surface area contributed by atoms with Crippen LogP contribution in [-0.4, -0.2) is 53.1 Å². The number of halogens is 1. The van der Waals surface area contributed by atoms with E-state index in [-0.39, 0.29) is 24.7 Å². The lowest BCUT2D eigenvalue weighted by Crippen LogP contribution is -2.40. The number of rotatable bonds is 6. The first-order valence-corrected chi connectivity index (χ1v) is 12.2. The van der Waals surface area contributed by atoms with E-state index in [2.05, 4.69) is 41.2 Å². The predicted molar refractivity (Wildman–Crippen MR) is 129 cm³/mol. The van der Waals surface area contributed by atoms with Crippen molar-refractivity contribution in [2.24, 2.45) is 5.92 Å². The van der Waals surface area contributed by atoms with Crippen LogP contribution in [0, 0.1) is 12.5 Å². The van der Waals surface area contributed by atoms with Crippen LogP contribution in [0.25, 0.3) is 4.85 Å². The minimum atomic E-state index is -0.198. The highest BCUT2D eigenvalue weighted by Crippen LogP contribution is 2.31. The summed E-state index contributed by atoms with van der Waals surface area (Å²) in [6.45, 7) is 9.05. The van der Waals surface area contributed by atoms with Crippen LogP contribution in [0.15, 0.2) is 34.8 Å². The summed E-state index contributed by atoms with van der Waals surface area (Å²) in [7, 11) is 0. The average molecular weight is 514 g/mol. The summed E-state index contributed by atoms with van der Waals surface area (Å²) in [4.78, 5) is 18.2. The monoisotopic (exact) mass is 513 g/mol. The maximum Gasteiger partial charge on any atom is 0.272 e. The van der Waals surface area contributed by atoms with Gasteiger partial charge in [-0.1, -0.05) is 22.0 Å². The smallest absolute Gasteiger partial charge is 0.272 e. The Morgan fingerprint density at radius 2 is 1.91 bits per heavy atom. The van der Waals surface area contributed by atoms with Crippen molar-refractivity contribution in [3.63, 3.8) is 0 Å². The number of hydrogen-bond donors (Lipinski definition) is 2. The van der Waals surface area contributed by atoms with E-state index in [1.165, 1.54) is 0 Å². The van der Waals surface area contributed by atoms with Crippen molar-refractivity contribution in [3.8, 4) is 5.75 Å². The van der Waals surface area contributed by atoms with Crippen molar-refractivity contribution in [2.45, 2.75) is 50.7 Å². The zero-order valence-corrected chi connectivity index (χ0v) is 20.0. The fourth-order valence-corrected chi connectivity index (χ4v) is 4.83. The zero-order valence-electron chi connectivity index (χ0n) is 18.4. The maximum absolute atomic E-state index is 12.6. The normalized spacial score (nSPS) is 21.3. The van der Waals surface area contributed by atoms with E-state index in [0.29, 0.717) is 17.3 Å². The predicted octanol–water partition coefficient (Wildman–Crippen LogP) is 4.12. The molecule has 1 aromatic carbocycles. The van der Waals surface area contributed by atoms with Crippen molar-refractivity contribution < 1.29 is 14.6 Å². The van der Waals surface area contributed by atoms with Crippen LogP contribution < -0.4 is 15.0 Å². The summed E-state index contributed by atoms with van der Waals surface area (Å²) in [5, 5.41) is 20.8. The number of anilines is 1. The van der Waals surface area contributed by atoms with Gasteiger partial charge in [0, 0.05) is 30.2 Å². The van der Waals surface area contributed by atoms with Crippen molar-refractivity contribution in [2.75, 3.05) is 24.6 Å². The molecular weight excluding hydrogens is 486 g/mol. The van der Waals surface area contributed by atoms with Crippen molar-refractivity contribution in [3.05, 3.63) is 51.9 Å². The number of aromatic nitrogens is 2. The average Bonchev–Trinajstić information content (AvgIpc) is 2.85. The summed E-state index contributed by atoms with van der Waals surface area (Å²) < 4.78 is 6.81. The number of carbonyl (C=O) groups excluding carboxylic acids is 1. The van der Waals surface area contributed by atoms with Gasteiger partial charge in [-0.05, 0) is 68.7 Å². The van der Waals surface area contributed by atoms with Gasteiger partial charge in [0.25, 0.3) is 5.91 Å². The molecule has 2 heterocycles. The van der Waals surface area contributed by atoms with Gasteiger partial charge >= 0.3 is 0 Å². The minimum absolute atomic E-state index is 0.0903. The molecule has 1 aliphatic carbocycles. The lowest BCUT2D eigenvalue weighted by atomic mass is 9.93. The Morgan fingerprint density at radius 1 is 1.15 bits per heavy atom. The van der Waals surface area contributed by atoms with E-state index in [9.17, 15) is 9.90 Å². The van der Waals surface area contributed by atoms with Gasteiger partial charge in [-0.15, -0.1) is 10.2 Å². The third-order valence-corrected chi connectivity index (χ3v) is 7.07. The first-order valence-electron chi connectivity index (χ1n) is 11.4. The molecule has 2 N–H and O–H groups in total. The van der Waals surface area contributed by atoms with Gasteiger partial charge in [-0.25, -0.2) is 4.85 Å². The van der Waals surface area contributed by atoms with Gasteiger partial charge in [-0.2, -0.15) is 0 Å². The molecule has 0 unspecified atom stereocenters. The summed E-state index contributed by atoms with van der Waals surface area (Å²) >= 11 is 3.40. The molecule has 2 fully saturated rings. The number of ether oxygens (including phenoxy) is 1. The molecule has 1 saturated carbocycles. The Kier molecular flexibility index (Phi) is 7.78. The number of nitrogens with zero attached hydrogens (tertiary/aromatic N) is 4. The molecule has 1 amide bonds. The molecule has 4 rings (SSSR count). The summed E-state index contributed by atoms with van der Waals surface area (Å²) in [5.74, 6) is 1.69. The Hall–Kier alpha value is -2.70. The molecule has 1 saturated heterocycles. The van der Waals surface area contributed by atoms with Gasteiger partial charge in [0.2, 0.25) is 5.69 Å². The van der Waals surface area contributed by atoms with Crippen LogP contribution in [0.3, 0.4) is 0 Å². The van der Waals surface area contributed by atoms with Gasteiger partial charge in [0.15, 0.2) is 11.5 Å². The van der Waals surface area contributed by atoms with E-state index >= 15 is 0 Å². The highest BCUT2D eigenvalue weighted by molar-refractivity contribution is 9.10. The van der Waals surface area contributed by atoms with Gasteiger partial charge in [0.05, 0.1) is 12.7 Å². The first-order chi connectivity index (χ1) is 16.1. The summed E-state index contributed by atoms with van der Waals surface area (Å²) in [5.41, 5.74) is 0.892. The van der Waals surface area contributed by atoms with Gasteiger partial charge in [0.1, 0.15) is 5.75 Å². The van der Waals surface area contributed by atoms with Crippen molar-refractivity contribution in [1.29, 1.82) is 0 Å². The second kappa shape index (κ2) is 10.9. The minimum Gasteiger partial charge on any atom is -0.491 e. The number of nitrogens with one attached hydrogen (secondary N) is 1. The number of piperidine rings is 1. The van der Waals surface area contributed by atoms with Crippen molar-refractivity contribution >= 4 is 33.3 Å². The highest BCUT2D eigenvalue weighted by atomic mass is 79.9. The molecule has 2 aromatic rings. The second-order valence-electron chi connectivity index (χ2n) is 8.68. The molecule has 0 radical (unpaired) electrons. The number of amides is 1. The van der Waals surface area contributed by atoms with Crippen LogP contribution in [0.5, 0.6) is 5.75 Å². The number of carbonyl (C=O) groups is 1. The standard InChI is InChI=1S/C24H28BrN5O3/c1-26-21-7-6-19(14-20(21)25)33-18-4-2-17(3-5-18)27-24(32)22-8-9-23(29-28-22)30-12-10-16(15-31)11-13-30/h6-9,14,16-18,31H,2-5,10-13,15H2,(H,27,32). The van der Waals surface area contributed by atoms with Crippen molar-refractivity contribution in [1.82, 2.24) is 15.5 Å². The Labute approximate surface area is 202 Å². The van der Waals surface area contributed by atoms with E-state index in [4.69, 9.17) is 11.3 Å². The quantitative estimate of drug-likeness (QED) is 0.564. The number of hydrogen-bond acceptors (Lipinski definition) is 6. The Morgan fingerprint density at radius 3 is 2.52 bits per heavy atom. The molecule has 0 atom stereocenters. The lowest BCUT2D eigenvalue weighted by Gasteiger charge is -2.31. The van der Waals surface area contributed by atoms with Crippen LogP contribution in [-0.2, 0) is 0 Å². The maximum atomic E-state index is 12.6. The molecular formula is C24H28BrN5O3. The number of aliphatic hydroxyl groups excluding tert-OH is 1. The van der Waals surface area contributed by atoms with Gasteiger partial charge in [-0.3, -0.25) is 4.79 Å². The third-order valence-electron chi connectivity index (χ3n) is 6.43. The topological polar surface area (TPSA) is 91.9 Å². The molecule has 8 nitrogen and oxygen atoms in total. The molecule has 9 heteroatoms. The fraction of sp³-hybridized carbons (Fsp3) is 0.500. The SMILES string of the molecule is [C-]#[N+]c1ccc(OC2CCC(NC(=O)c3ccc(N4CCC(CO)CC4)nn3)CC2)cc1Br. The highest BCUT2D eigenvalue weighted by Gasteiger charge is 2.25. The molecule has 0 bridgehead atoms. The van der Waals surface area contributed by atoms with E-state index in [1.807, 2.05) is 18.2 Å². The van der Waals surface area contributed by atoms with Crippen LogP contribution in [0.4, 0.5) is 11.5 Å². The molecule has 1 aliphatic heterocycles. The van der Waals surface area contributed by atoms with E-state index in [0.717, 1.165) is 67.7 Å². The molecule has 1 aromatic heterocycles. The van der Waals surface area contributed by atoms with Crippen LogP contribution in [0.2, 0.25) is 0 Å². The number of benzene rings is 1. The fourth-order valence-electron chi connectivity index (χ4n) is 4.39. The number of aliphatic hydroxyl groups is 1. The molecule has 174 valence electrons. The lowest BCUT2D eigenvalue weighted by molar-refractivity contribution is 0.0888. The second-order valence-corrected chi connectivity index (χ2v) is 9.53. The van der Waals surface area contributed by atoms with E-state index in [1.54, 1.807) is 12.1 Å². The third kappa shape index (κ3) is 6.01. The zero-order chi connectivity index (χ0) is 23.2. The van der Waals surface area contributed by atoms with Crippen LogP contribution >= 0.6 is 15.9 Å². The van der Waals surface area contributed by atoms with Gasteiger partial charge < -0.3 is 20.1 Å². The molecule has 2 aliphatic rings. The summed E-state index contributed by atoms with van der Waals surface area (Å²) in [6.07, 6.45) is 5.35. The van der Waals surface area contributed by atoms with Crippen LogP contribution in [0.1, 0.15) is 49.0 Å². The Bertz CT molecular complexity index is 994. The Balaban J connectivity index is 1.24.